The lowest BCUT2D eigenvalue weighted by Crippen LogP contribution is -2.31. The minimum absolute atomic E-state index is 0.0739. The third kappa shape index (κ3) is 3.17. The van der Waals surface area contributed by atoms with Gasteiger partial charge < -0.3 is 23.4 Å². The molecule has 0 fully saturated rings. The molecule has 0 aromatic carbocycles. The van der Waals surface area contributed by atoms with Gasteiger partial charge in [-0.15, -0.1) is 0 Å². The lowest BCUT2D eigenvalue weighted by molar-refractivity contribution is 0.0943. The van der Waals surface area contributed by atoms with E-state index in [1.807, 2.05) is 29.8 Å². The minimum Gasteiger partial charge on any atom is -0.461 e. The van der Waals surface area contributed by atoms with Crippen LogP contribution in [0.25, 0.3) is 22.4 Å². The fraction of sp³-hybridized carbons (Fsp3) is 0.211. The maximum absolute atomic E-state index is 12.6. The molecule has 4 rings (SSSR count). The molecule has 138 valence electrons. The number of nitrogens with one attached hydrogen (secondary N) is 1. The molecule has 8 heteroatoms. The number of rotatable bonds is 6. The smallest absolute Gasteiger partial charge is 0.275 e. The molecule has 0 aliphatic heterocycles. The molecule has 0 spiro atoms. The van der Waals surface area contributed by atoms with Gasteiger partial charge in [0.15, 0.2) is 11.5 Å². The first-order chi connectivity index (χ1) is 13.2. The number of carbonyl (C=O) groups excluding carboxylic acids is 1. The summed E-state index contributed by atoms with van der Waals surface area (Å²) in [6.45, 7) is 3.37. The van der Waals surface area contributed by atoms with Crippen LogP contribution >= 0.6 is 0 Å². The van der Waals surface area contributed by atoms with Crippen LogP contribution in [-0.2, 0) is 13.1 Å². The number of aromatic nitrogens is 3. The van der Waals surface area contributed by atoms with Gasteiger partial charge in [0.1, 0.15) is 5.52 Å². The highest BCUT2D eigenvalue weighted by Gasteiger charge is 2.15. The molecule has 0 radical (unpaired) electrons. The van der Waals surface area contributed by atoms with Gasteiger partial charge in [-0.25, -0.2) is 0 Å². The first-order valence-corrected chi connectivity index (χ1v) is 8.64. The number of carbonyl (C=O) groups is 1. The van der Waals surface area contributed by atoms with Gasteiger partial charge >= 0.3 is 0 Å². The highest BCUT2D eigenvalue weighted by molar-refractivity contribution is 5.92. The molecule has 27 heavy (non-hydrogen) atoms. The van der Waals surface area contributed by atoms with Gasteiger partial charge in [-0.05, 0) is 31.2 Å². The highest BCUT2D eigenvalue weighted by Crippen LogP contribution is 2.20. The number of hydrogen-bond acceptors (Lipinski definition) is 5. The quantitative estimate of drug-likeness (QED) is 0.566. The predicted octanol–water partition coefficient (Wildman–Crippen LogP) is 2.50. The van der Waals surface area contributed by atoms with Crippen molar-refractivity contribution < 1.29 is 13.7 Å². The van der Waals surface area contributed by atoms with Gasteiger partial charge in [-0.2, -0.15) is 0 Å². The fourth-order valence-electron chi connectivity index (χ4n) is 2.98. The summed E-state index contributed by atoms with van der Waals surface area (Å²) in [5.74, 6) is 0.509. The number of hydrogen-bond donors (Lipinski definition) is 1. The van der Waals surface area contributed by atoms with E-state index in [0.717, 1.165) is 11.9 Å². The summed E-state index contributed by atoms with van der Waals surface area (Å²) in [5.41, 5.74) is 0.755. The number of amides is 1. The minimum atomic E-state index is -0.373. The van der Waals surface area contributed by atoms with Crippen molar-refractivity contribution in [3.05, 3.63) is 65.0 Å². The lowest BCUT2D eigenvalue weighted by atomic mass is 10.3. The number of pyridine rings is 1. The van der Waals surface area contributed by atoms with Gasteiger partial charge in [-0.3, -0.25) is 9.59 Å². The first kappa shape index (κ1) is 16.9. The van der Waals surface area contributed by atoms with Crippen molar-refractivity contribution in [3.8, 4) is 11.5 Å². The fourth-order valence-corrected chi connectivity index (χ4v) is 2.98. The summed E-state index contributed by atoms with van der Waals surface area (Å²) in [4.78, 5) is 24.9. The van der Waals surface area contributed by atoms with Gasteiger partial charge in [0, 0.05) is 43.5 Å². The second-order valence-electron chi connectivity index (χ2n) is 6.03. The SMILES string of the molecule is CCn1ccc2ccn(CCNC(=O)c3cc(-c4ccco4)on3)c(=O)c21. The van der Waals surface area contributed by atoms with E-state index in [2.05, 4.69) is 10.5 Å². The van der Waals surface area contributed by atoms with Crippen LogP contribution < -0.4 is 10.9 Å². The largest absolute Gasteiger partial charge is 0.461 e. The molecule has 1 amide bonds. The van der Waals surface area contributed by atoms with Crippen molar-refractivity contribution in [2.75, 3.05) is 6.54 Å². The molecular formula is C19H18N4O4. The zero-order chi connectivity index (χ0) is 18.8. The van der Waals surface area contributed by atoms with Crippen molar-refractivity contribution in [3.63, 3.8) is 0 Å². The maximum atomic E-state index is 12.6. The van der Waals surface area contributed by atoms with Crippen LogP contribution in [0.1, 0.15) is 17.4 Å². The van der Waals surface area contributed by atoms with E-state index in [-0.39, 0.29) is 17.2 Å². The second kappa shape index (κ2) is 6.99. The number of aryl methyl sites for hydroxylation is 1. The maximum Gasteiger partial charge on any atom is 0.275 e. The summed E-state index contributed by atoms with van der Waals surface area (Å²) < 4.78 is 13.8. The molecule has 1 N–H and O–H groups in total. The molecule has 0 atom stereocenters. The zero-order valence-corrected chi connectivity index (χ0v) is 14.7. The Bertz CT molecular complexity index is 1130. The number of furan rings is 1. The molecular weight excluding hydrogens is 348 g/mol. The van der Waals surface area contributed by atoms with Crippen LogP contribution in [0.2, 0.25) is 0 Å². The molecule has 0 aliphatic rings. The van der Waals surface area contributed by atoms with Crippen LogP contribution in [0.5, 0.6) is 0 Å². The molecule has 4 aromatic rings. The van der Waals surface area contributed by atoms with Crippen LogP contribution in [-0.4, -0.2) is 26.7 Å². The molecule has 0 saturated heterocycles. The molecule has 4 aromatic heterocycles. The van der Waals surface area contributed by atoms with E-state index in [4.69, 9.17) is 8.94 Å². The normalized spacial score (nSPS) is 11.1. The first-order valence-electron chi connectivity index (χ1n) is 8.64. The van der Waals surface area contributed by atoms with Crippen LogP contribution in [0.3, 0.4) is 0 Å². The Hall–Kier alpha value is -3.55. The van der Waals surface area contributed by atoms with Crippen molar-refractivity contribution in [2.45, 2.75) is 20.0 Å². The molecule has 0 bridgehead atoms. The summed E-state index contributed by atoms with van der Waals surface area (Å²) in [7, 11) is 0. The Labute approximate surface area is 154 Å². The van der Waals surface area contributed by atoms with E-state index in [0.29, 0.717) is 30.1 Å². The second-order valence-corrected chi connectivity index (χ2v) is 6.03. The molecule has 8 nitrogen and oxygen atoms in total. The molecule has 4 heterocycles. The number of fused-ring (bicyclic) bond motifs is 1. The Morgan fingerprint density at radius 3 is 2.74 bits per heavy atom. The van der Waals surface area contributed by atoms with Gasteiger partial charge in [0.05, 0.1) is 6.26 Å². The van der Waals surface area contributed by atoms with Gasteiger partial charge in [-0.1, -0.05) is 5.16 Å². The topological polar surface area (TPSA) is 95.2 Å². The Morgan fingerprint density at radius 2 is 2.00 bits per heavy atom. The van der Waals surface area contributed by atoms with Crippen molar-refractivity contribution in [1.29, 1.82) is 0 Å². The Kier molecular flexibility index (Phi) is 4.37. The van der Waals surface area contributed by atoms with Crippen LogP contribution in [0, 0.1) is 0 Å². The van der Waals surface area contributed by atoms with E-state index >= 15 is 0 Å². The van der Waals surface area contributed by atoms with Crippen molar-refractivity contribution >= 4 is 16.8 Å². The molecule has 0 saturated carbocycles. The average molecular weight is 366 g/mol. The lowest BCUT2D eigenvalue weighted by Gasteiger charge is -2.08. The molecule has 0 aliphatic carbocycles. The Balaban J connectivity index is 1.42. The van der Waals surface area contributed by atoms with E-state index < -0.39 is 0 Å². The summed E-state index contributed by atoms with van der Waals surface area (Å²) >= 11 is 0. The Morgan fingerprint density at radius 1 is 1.19 bits per heavy atom. The predicted molar refractivity (Wildman–Crippen MR) is 98.4 cm³/mol. The third-order valence-electron chi connectivity index (χ3n) is 4.38. The van der Waals surface area contributed by atoms with Crippen molar-refractivity contribution in [2.24, 2.45) is 0 Å². The molecule has 0 unspecified atom stereocenters. The van der Waals surface area contributed by atoms with Crippen LogP contribution in [0.4, 0.5) is 0 Å². The van der Waals surface area contributed by atoms with Crippen molar-refractivity contribution in [1.82, 2.24) is 19.6 Å². The van der Waals surface area contributed by atoms with E-state index in [1.54, 1.807) is 22.9 Å². The number of nitrogens with zero attached hydrogens (tertiary/aromatic N) is 3. The van der Waals surface area contributed by atoms with Crippen LogP contribution in [0.15, 0.2) is 62.7 Å². The zero-order valence-electron chi connectivity index (χ0n) is 14.7. The summed E-state index contributed by atoms with van der Waals surface area (Å²) in [6, 6.07) is 8.78. The van der Waals surface area contributed by atoms with Gasteiger partial charge in [0.2, 0.25) is 5.76 Å². The third-order valence-corrected chi connectivity index (χ3v) is 4.38. The summed E-state index contributed by atoms with van der Waals surface area (Å²) in [5, 5.41) is 7.41. The summed E-state index contributed by atoms with van der Waals surface area (Å²) in [6.07, 6.45) is 5.16. The monoisotopic (exact) mass is 366 g/mol. The van der Waals surface area contributed by atoms with E-state index in [9.17, 15) is 9.59 Å². The highest BCUT2D eigenvalue weighted by atomic mass is 16.5. The van der Waals surface area contributed by atoms with Gasteiger partial charge in [0.25, 0.3) is 11.5 Å². The average Bonchev–Trinajstić information content (AvgIpc) is 3.42. The van der Waals surface area contributed by atoms with E-state index in [1.165, 1.54) is 12.3 Å². The standard InChI is InChI=1S/C19H18N4O4/c1-2-22-8-5-13-6-9-23(19(25)17(13)22)10-7-20-18(24)14-12-16(27-21-14)15-4-3-11-26-15/h3-6,8-9,11-12H,2,7,10H2,1H3,(H,20,24).